The highest BCUT2D eigenvalue weighted by Crippen LogP contribution is 2.25. The monoisotopic (exact) mass is 495 g/mol. The Bertz CT molecular complexity index is 775. The molecular formula is C14H11BrINO4S. The van der Waals surface area contributed by atoms with Crippen molar-refractivity contribution in [2.24, 2.45) is 0 Å². The van der Waals surface area contributed by atoms with Gasteiger partial charge >= 0.3 is 5.97 Å². The molecule has 0 aliphatic heterocycles. The molecule has 0 saturated heterocycles. The van der Waals surface area contributed by atoms with E-state index in [1.54, 1.807) is 36.4 Å². The Balaban J connectivity index is 2.50. The van der Waals surface area contributed by atoms with Crippen LogP contribution >= 0.6 is 38.5 Å². The molecule has 0 heterocycles. The lowest BCUT2D eigenvalue weighted by atomic mass is 10.3. The summed E-state index contributed by atoms with van der Waals surface area (Å²) in [6.45, 7) is -0.640. The number of benzene rings is 2. The molecule has 0 atom stereocenters. The van der Waals surface area contributed by atoms with Crippen LogP contribution in [0.25, 0.3) is 0 Å². The molecular weight excluding hydrogens is 485 g/mol. The zero-order valence-electron chi connectivity index (χ0n) is 11.1. The van der Waals surface area contributed by atoms with Crippen LogP contribution in [0.3, 0.4) is 0 Å². The third kappa shape index (κ3) is 3.99. The van der Waals surface area contributed by atoms with Gasteiger partial charge in [-0.2, -0.15) is 0 Å². The zero-order valence-corrected chi connectivity index (χ0v) is 15.7. The number of nitrogens with zero attached hydrogens (tertiary/aromatic N) is 1. The van der Waals surface area contributed by atoms with E-state index in [9.17, 15) is 13.2 Å². The van der Waals surface area contributed by atoms with E-state index in [0.29, 0.717) is 5.69 Å². The molecule has 0 spiro atoms. The van der Waals surface area contributed by atoms with Gasteiger partial charge in [-0.05, 0) is 71.1 Å². The number of anilines is 1. The summed E-state index contributed by atoms with van der Waals surface area (Å²) in [5.41, 5.74) is 0.311. The van der Waals surface area contributed by atoms with Crippen molar-refractivity contribution in [3.8, 4) is 0 Å². The summed E-state index contributed by atoms with van der Waals surface area (Å²) in [6.07, 6.45) is 0. The number of hydrogen-bond donors (Lipinski definition) is 1. The third-order valence-corrected chi connectivity index (χ3v) is 5.83. The van der Waals surface area contributed by atoms with E-state index in [1.165, 1.54) is 12.1 Å². The van der Waals surface area contributed by atoms with Crippen molar-refractivity contribution in [1.29, 1.82) is 0 Å². The van der Waals surface area contributed by atoms with Crippen molar-refractivity contribution < 1.29 is 18.3 Å². The molecule has 5 nitrogen and oxygen atoms in total. The van der Waals surface area contributed by atoms with Gasteiger partial charge in [0.05, 0.1) is 10.6 Å². The molecule has 0 saturated carbocycles. The van der Waals surface area contributed by atoms with Crippen LogP contribution < -0.4 is 4.31 Å². The molecule has 116 valence electrons. The number of rotatable bonds is 5. The standard InChI is InChI=1S/C14H11BrINO4S/c15-10-1-7-13(8-2-10)22(20,21)17(9-14(18)19)12-5-3-11(16)4-6-12/h1-8H,9H2,(H,18,19). The van der Waals surface area contributed by atoms with E-state index in [1.807, 2.05) is 0 Å². The fourth-order valence-electron chi connectivity index (χ4n) is 1.78. The lowest BCUT2D eigenvalue weighted by Crippen LogP contribution is -2.35. The van der Waals surface area contributed by atoms with Gasteiger partial charge in [-0.3, -0.25) is 9.10 Å². The molecule has 0 aliphatic rings. The first-order chi connectivity index (χ1) is 10.3. The van der Waals surface area contributed by atoms with Gasteiger partial charge in [-0.25, -0.2) is 8.42 Å². The number of carboxylic acids is 1. The van der Waals surface area contributed by atoms with Crippen molar-refractivity contribution in [3.05, 3.63) is 56.6 Å². The number of halogens is 2. The van der Waals surface area contributed by atoms with Crippen molar-refractivity contribution in [2.75, 3.05) is 10.8 Å². The first-order valence-corrected chi connectivity index (χ1v) is 9.37. The van der Waals surface area contributed by atoms with Gasteiger partial charge in [-0.1, -0.05) is 15.9 Å². The van der Waals surface area contributed by atoms with Crippen LogP contribution in [-0.4, -0.2) is 26.0 Å². The second-order valence-corrected chi connectivity index (χ2v) is 8.36. The Hall–Kier alpha value is -1.13. The summed E-state index contributed by atoms with van der Waals surface area (Å²) in [6, 6.07) is 12.7. The number of aliphatic carboxylic acids is 1. The fourth-order valence-corrected chi connectivity index (χ4v) is 3.82. The van der Waals surface area contributed by atoms with Crippen LogP contribution in [0.15, 0.2) is 57.9 Å². The average molecular weight is 496 g/mol. The zero-order chi connectivity index (χ0) is 16.3. The van der Waals surface area contributed by atoms with Gasteiger partial charge in [-0.15, -0.1) is 0 Å². The maximum atomic E-state index is 12.7. The minimum absolute atomic E-state index is 0.0375. The molecule has 0 aromatic heterocycles. The minimum Gasteiger partial charge on any atom is -0.480 e. The minimum atomic E-state index is -3.95. The Labute approximate surface area is 150 Å². The van der Waals surface area contributed by atoms with Gasteiger partial charge in [0.25, 0.3) is 10.0 Å². The van der Waals surface area contributed by atoms with Crippen LogP contribution in [-0.2, 0) is 14.8 Å². The van der Waals surface area contributed by atoms with E-state index < -0.39 is 22.5 Å². The Morgan fingerprint density at radius 1 is 1.09 bits per heavy atom. The van der Waals surface area contributed by atoms with Crippen LogP contribution in [0.2, 0.25) is 0 Å². The maximum absolute atomic E-state index is 12.7. The van der Waals surface area contributed by atoms with Crippen LogP contribution in [0.5, 0.6) is 0 Å². The van der Waals surface area contributed by atoms with E-state index in [2.05, 4.69) is 38.5 Å². The van der Waals surface area contributed by atoms with Crippen LogP contribution in [0, 0.1) is 3.57 Å². The van der Waals surface area contributed by atoms with E-state index in [0.717, 1.165) is 12.3 Å². The maximum Gasteiger partial charge on any atom is 0.324 e. The van der Waals surface area contributed by atoms with Gasteiger partial charge in [0.15, 0.2) is 0 Å². The summed E-state index contributed by atoms with van der Waals surface area (Å²) in [5.74, 6) is -1.22. The van der Waals surface area contributed by atoms with Crippen molar-refractivity contribution in [3.63, 3.8) is 0 Å². The molecule has 0 radical (unpaired) electrons. The van der Waals surface area contributed by atoms with Gasteiger partial charge in [0.2, 0.25) is 0 Å². The molecule has 0 fully saturated rings. The predicted molar refractivity (Wildman–Crippen MR) is 95.5 cm³/mol. The Kier molecular flexibility index (Phi) is 5.45. The largest absolute Gasteiger partial charge is 0.480 e. The highest BCUT2D eigenvalue weighted by atomic mass is 127. The molecule has 0 aliphatic carbocycles. The molecule has 0 amide bonds. The van der Waals surface area contributed by atoms with Crippen molar-refractivity contribution >= 4 is 60.2 Å². The van der Waals surface area contributed by atoms with Gasteiger partial charge in [0, 0.05) is 8.04 Å². The topological polar surface area (TPSA) is 74.7 Å². The second kappa shape index (κ2) is 6.97. The van der Waals surface area contributed by atoms with Gasteiger partial charge < -0.3 is 5.11 Å². The molecule has 1 N–H and O–H groups in total. The van der Waals surface area contributed by atoms with E-state index in [-0.39, 0.29) is 4.90 Å². The number of hydrogen-bond acceptors (Lipinski definition) is 3. The first-order valence-electron chi connectivity index (χ1n) is 6.06. The smallest absolute Gasteiger partial charge is 0.324 e. The Morgan fingerprint density at radius 2 is 1.64 bits per heavy atom. The highest BCUT2D eigenvalue weighted by molar-refractivity contribution is 14.1. The molecule has 0 bridgehead atoms. The number of carbonyl (C=O) groups is 1. The van der Waals surface area contributed by atoms with Gasteiger partial charge in [0.1, 0.15) is 6.54 Å². The van der Waals surface area contributed by atoms with Crippen LogP contribution in [0.1, 0.15) is 0 Å². The van der Waals surface area contributed by atoms with E-state index in [4.69, 9.17) is 5.11 Å². The first kappa shape index (κ1) is 17.2. The molecule has 2 aromatic rings. The fraction of sp³-hybridized carbons (Fsp3) is 0.0714. The molecule has 0 unspecified atom stereocenters. The molecule has 8 heteroatoms. The lowest BCUT2D eigenvalue weighted by Gasteiger charge is -2.22. The Morgan fingerprint density at radius 3 is 2.14 bits per heavy atom. The molecule has 2 rings (SSSR count). The summed E-state index contributed by atoms with van der Waals surface area (Å²) in [4.78, 5) is 11.1. The predicted octanol–water partition coefficient (Wildman–Crippen LogP) is 3.33. The summed E-state index contributed by atoms with van der Waals surface area (Å²) in [7, 11) is -3.95. The quantitative estimate of drug-likeness (QED) is 0.645. The molecule has 22 heavy (non-hydrogen) atoms. The van der Waals surface area contributed by atoms with Crippen LogP contribution in [0.4, 0.5) is 5.69 Å². The summed E-state index contributed by atoms with van der Waals surface area (Å²) in [5, 5.41) is 9.04. The number of sulfonamides is 1. The van der Waals surface area contributed by atoms with Crippen molar-refractivity contribution in [1.82, 2.24) is 0 Å². The summed E-state index contributed by atoms with van der Waals surface area (Å²) < 4.78 is 28.0. The molecule has 2 aromatic carbocycles. The normalized spacial score (nSPS) is 11.2. The SMILES string of the molecule is O=C(O)CN(c1ccc(I)cc1)S(=O)(=O)c1ccc(Br)cc1. The van der Waals surface area contributed by atoms with E-state index >= 15 is 0 Å². The second-order valence-electron chi connectivity index (χ2n) is 4.34. The lowest BCUT2D eigenvalue weighted by molar-refractivity contribution is -0.135. The summed E-state index contributed by atoms with van der Waals surface area (Å²) >= 11 is 5.33. The highest BCUT2D eigenvalue weighted by Gasteiger charge is 2.26. The third-order valence-electron chi connectivity index (χ3n) is 2.80. The van der Waals surface area contributed by atoms with Crippen molar-refractivity contribution in [2.45, 2.75) is 4.90 Å². The number of carboxylic acid groups (broad SMARTS) is 1. The average Bonchev–Trinajstić information content (AvgIpc) is 2.46.